The Morgan fingerprint density at radius 2 is 2.00 bits per heavy atom. The highest BCUT2D eigenvalue weighted by molar-refractivity contribution is 5.90. The molecular weight excluding hydrogens is 408 g/mol. The highest BCUT2D eigenvalue weighted by atomic mass is 16.3. The molecule has 1 aliphatic rings. The van der Waals surface area contributed by atoms with Crippen molar-refractivity contribution in [2.24, 2.45) is 5.41 Å². The van der Waals surface area contributed by atoms with Gasteiger partial charge in [0, 0.05) is 43.4 Å². The zero-order valence-electron chi connectivity index (χ0n) is 18.7. The van der Waals surface area contributed by atoms with E-state index in [1.165, 1.54) is 11.9 Å². The number of carbonyl (C=O) groups excluding carboxylic acids is 2. The third-order valence-corrected chi connectivity index (χ3v) is 5.88. The molecule has 2 unspecified atom stereocenters. The van der Waals surface area contributed by atoms with E-state index >= 15 is 0 Å². The maximum absolute atomic E-state index is 13.6. The Labute approximate surface area is 186 Å². The van der Waals surface area contributed by atoms with Crippen LogP contribution in [0.5, 0.6) is 0 Å². The van der Waals surface area contributed by atoms with Crippen molar-refractivity contribution in [2.45, 2.75) is 45.4 Å². The number of likely N-dealkylation sites (tertiary alicyclic amines) is 1. The number of aliphatic hydroxyl groups is 1. The molecule has 1 aliphatic heterocycles. The largest absolute Gasteiger partial charge is 0.391 e. The third kappa shape index (κ3) is 4.08. The summed E-state index contributed by atoms with van der Waals surface area (Å²) in [7, 11) is 1.53. The molecule has 3 heterocycles. The SMILES string of the molecule is CNC(=O)[C@H]1CC(O)CN1C(=O)C(n1cc(-c2ccc3cnccc3c2)nn1)C(C)(C)C. The van der Waals surface area contributed by atoms with Gasteiger partial charge >= 0.3 is 0 Å². The predicted molar refractivity (Wildman–Crippen MR) is 119 cm³/mol. The van der Waals surface area contributed by atoms with Gasteiger partial charge in [0.25, 0.3) is 0 Å². The fourth-order valence-electron chi connectivity index (χ4n) is 4.29. The Morgan fingerprint density at radius 1 is 1.22 bits per heavy atom. The molecule has 3 atom stereocenters. The maximum atomic E-state index is 13.6. The van der Waals surface area contributed by atoms with Crippen LogP contribution in [0.1, 0.15) is 33.2 Å². The molecule has 0 bridgehead atoms. The van der Waals surface area contributed by atoms with Gasteiger partial charge in [0.2, 0.25) is 11.8 Å². The average Bonchev–Trinajstić information content (AvgIpc) is 3.39. The highest BCUT2D eigenvalue weighted by Gasteiger charge is 2.45. The highest BCUT2D eigenvalue weighted by Crippen LogP contribution is 2.35. The van der Waals surface area contributed by atoms with Crippen LogP contribution in [0.15, 0.2) is 42.9 Å². The third-order valence-electron chi connectivity index (χ3n) is 5.88. The fourth-order valence-corrected chi connectivity index (χ4v) is 4.29. The van der Waals surface area contributed by atoms with E-state index in [4.69, 9.17) is 0 Å². The Kier molecular flexibility index (Phi) is 5.68. The monoisotopic (exact) mass is 436 g/mol. The fraction of sp³-hybridized carbons (Fsp3) is 0.435. The Bertz CT molecular complexity index is 1150. The molecule has 2 amide bonds. The summed E-state index contributed by atoms with van der Waals surface area (Å²) < 4.78 is 1.57. The van der Waals surface area contributed by atoms with E-state index in [-0.39, 0.29) is 24.8 Å². The molecule has 9 heteroatoms. The minimum atomic E-state index is -0.736. The molecule has 0 spiro atoms. The first kappa shape index (κ1) is 21.9. The predicted octanol–water partition coefficient (Wildman–Crippen LogP) is 1.79. The van der Waals surface area contributed by atoms with Crippen molar-refractivity contribution in [3.63, 3.8) is 0 Å². The Morgan fingerprint density at radius 3 is 2.72 bits per heavy atom. The zero-order valence-corrected chi connectivity index (χ0v) is 18.7. The van der Waals surface area contributed by atoms with Gasteiger partial charge in [0.15, 0.2) is 0 Å². The van der Waals surface area contributed by atoms with Crippen LogP contribution in [-0.4, -0.2) is 67.5 Å². The molecule has 0 saturated carbocycles. The molecule has 4 rings (SSSR count). The lowest BCUT2D eigenvalue weighted by molar-refractivity contribution is -0.144. The number of carbonyl (C=O) groups is 2. The molecule has 0 radical (unpaired) electrons. The summed E-state index contributed by atoms with van der Waals surface area (Å²) in [4.78, 5) is 31.6. The van der Waals surface area contributed by atoms with Crippen LogP contribution < -0.4 is 5.32 Å². The van der Waals surface area contributed by atoms with Gasteiger partial charge in [-0.15, -0.1) is 5.10 Å². The van der Waals surface area contributed by atoms with Gasteiger partial charge in [-0.25, -0.2) is 4.68 Å². The van der Waals surface area contributed by atoms with Crippen molar-refractivity contribution in [1.29, 1.82) is 0 Å². The average molecular weight is 437 g/mol. The first-order chi connectivity index (χ1) is 15.2. The summed E-state index contributed by atoms with van der Waals surface area (Å²) in [6.07, 6.45) is 4.79. The number of aliphatic hydroxyl groups excluding tert-OH is 1. The van der Waals surface area contributed by atoms with E-state index < -0.39 is 23.6 Å². The van der Waals surface area contributed by atoms with Gasteiger partial charge in [0.1, 0.15) is 17.8 Å². The number of amides is 2. The van der Waals surface area contributed by atoms with Crippen molar-refractivity contribution >= 4 is 22.6 Å². The van der Waals surface area contributed by atoms with E-state index in [2.05, 4.69) is 20.6 Å². The zero-order chi connectivity index (χ0) is 23.0. The van der Waals surface area contributed by atoms with Crippen LogP contribution in [0.4, 0.5) is 0 Å². The van der Waals surface area contributed by atoms with Crippen molar-refractivity contribution in [2.75, 3.05) is 13.6 Å². The van der Waals surface area contributed by atoms with Crippen LogP contribution in [0.2, 0.25) is 0 Å². The minimum Gasteiger partial charge on any atom is -0.391 e. The first-order valence-electron chi connectivity index (χ1n) is 10.6. The number of nitrogens with zero attached hydrogens (tertiary/aromatic N) is 5. The van der Waals surface area contributed by atoms with Gasteiger partial charge in [-0.1, -0.05) is 38.1 Å². The van der Waals surface area contributed by atoms with Gasteiger partial charge in [-0.2, -0.15) is 0 Å². The number of β-amino-alcohol motifs (C(OH)–C–C–N with tert-alkyl or cyclic N) is 1. The number of likely N-dealkylation sites (N-methyl/N-ethyl adjacent to an activating group) is 1. The summed E-state index contributed by atoms with van der Waals surface area (Å²) in [5.74, 6) is -0.545. The molecular formula is C23H28N6O3. The van der Waals surface area contributed by atoms with Gasteiger partial charge < -0.3 is 15.3 Å². The molecule has 1 saturated heterocycles. The maximum Gasteiger partial charge on any atom is 0.248 e. The van der Waals surface area contributed by atoms with Crippen LogP contribution in [0.3, 0.4) is 0 Å². The number of aromatic nitrogens is 4. The normalized spacial score (nSPS) is 19.8. The number of hydrogen-bond acceptors (Lipinski definition) is 6. The summed E-state index contributed by atoms with van der Waals surface area (Å²) in [5.41, 5.74) is 1.03. The van der Waals surface area contributed by atoms with E-state index in [1.807, 2.05) is 45.0 Å². The summed E-state index contributed by atoms with van der Waals surface area (Å²) >= 11 is 0. The number of pyridine rings is 1. The van der Waals surface area contributed by atoms with Crippen LogP contribution >= 0.6 is 0 Å². The van der Waals surface area contributed by atoms with Crippen molar-refractivity contribution < 1.29 is 14.7 Å². The van der Waals surface area contributed by atoms with Crippen LogP contribution in [0, 0.1) is 5.41 Å². The van der Waals surface area contributed by atoms with E-state index in [1.54, 1.807) is 23.3 Å². The Balaban J connectivity index is 1.68. The van der Waals surface area contributed by atoms with E-state index in [0.29, 0.717) is 5.69 Å². The minimum absolute atomic E-state index is 0.115. The standard InChI is InChI=1S/C23H28N6O3/c1-23(2,3)20(22(32)28-12-17(30)10-19(28)21(31)24-4)29-13-18(26-27-29)15-5-6-16-11-25-8-7-14(16)9-15/h5-9,11,13,17,19-20,30H,10,12H2,1-4H3,(H,24,31)/t17?,19-,20?/m1/s1. The molecule has 1 aromatic carbocycles. The van der Waals surface area contributed by atoms with Crippen LogP contribution in [0.25, 0.3) is 22.0 Å². The van der Waals surface area contributed by atoms with Crippen molar-refractivity contribution in [3.05, 3.63) is 42.9 Å². The Hall–Kier alpha value is -3.33. The van der Waals surface area contributed by atoms with E-state index in [0.717, 1.165) is 16.3 Å². The number of nitrogens with one attached hydrogen (secondary N) is 1. The lowest BCUT2D eigenvalue weighted by Crippen LogP contribution is -2.49. The van der Waals surface area contributed by atoms with Gasteiger partial charge in [-0.3, -0.25) is 14.6 Å². The molecule has 2 N–H and O–H groups in total. The van der Waals surface area contributed by atoms with Gasteiger partial charge in [-0.05, 0) is 22.9 Å². The van der Waals surface area contributed by atoms with Crippen LogP contribution in [-0.2, 0) is 9.59 Å². The second-order valence-electron chi connectivity index (χ2n) is 9.30. The number of benzene rings is 1. The topological polar surface area (TPSA) is 113 Å². The smallest absolute Gasteiger partial charge is 0.248 e. The van der Waals surface area contributed by atoms with Crippen molar-refractivity contribution in [1.82, 2.24) is 30.2 Å². The summed E-state index contributed by atoms with van der Waals surface area (Å²) in [5, 5.41) is 23.4. The number of hydrogen-bond donors (Lipinski definition) is 2. The lowest BCUT2D eigenvalue weighted by Gasteiger charge is -2.34. The molecule has 32 heavy (non-hydrogen) atoms. The first-order valence-corrected chi connectivity index (χ1v) is 10.6. The second-order valence-corrected chi connectivity index (χ2v) is 9.30. The lowest BCUT2D eigenvalue weighted by atomic mass is 9.85. The number of fused-ring (bicyclic) bond motifs is 1. The molecule has 3 aromatic rings. The summed E-state index contributed by atoms with van der Waals surface area (Å²) in [6, 6.07) is 6.48. The second kappa shape index (κ2) is 8.31. The van der Waals surface area contributed by atoms with Gasteiger partial charge in [0.05, 0.1) is 12.3 Å². The quantitative estimate of drug-likeness (QED) is 0.645. The number of rotatable bonds is 4. The molecule has 168 valence electrons. The molecule has 1 fully saturated rings. The molecule has 2 aromatic heterocycles. The molecule has 0 aliphatic carbocycles. The van der Waals surface area contributed by atoms with E-state index in [9.17, 15) is 14.7 Å². The molecule has 9 nitrogen and oxygen atoms in total. The van der Waals surface area contributed by atoms with Crippen molar-refractivity contribution in [3.8, 4) is 11.3 Å². The summed E-state index contributed by atoms with van der Waals surface area (Å²) in [6.45, 7) is 5.95.